The fraction of sp³-hybridized carbons (Fsp3) is 0.385. The van der Waals surface area contributed by atoms with Crippen LogP contribution >= 0.6 is 0 Å². The van der Waals surface area contributed by atoms with Crippen LogP contribution in [0.4, 0.5) is 5.69 Å². The smallest absolute Gasteiger partial charge is 0.262 e. The largest absolute Gasteiger partial charge is 0.308 e. The third-order valence-corrected chi connectivity index (χ3v) is 3.58. The molecule has 1 aromatic carbocycles. The lowest BCUT2D eigenvalue weighted by Crippen LogP contribution is -2.50. The standard InChI is InChI=1S/C13H13N3O/c17-12-10-3-1-2-4-11(10)16(9-5-6-9)13-14-7-8-15(12)13/h1-4,9H,5-8H2. The van der Waals surface area contributed by atoms with Crippen molar-refractivity contribution in [1.29, 1.82) is 0 Å². The molecule has 1 aliphatic carbocycles. The molecule has 4 rings (SSSR count). The second kappa shape index (κ2) is 3.09. The molecule has 0 aromatic heterocycles. The van der Waals surface area contributed by atoms with Gasteiger partial charge in [0.1, 0.15) is 0 Å². The van der Waals surface area contributed by atoms with Crippen LogP contribution in [0.25, 0.3) is 0 Å². The number of nitrogens with zero attached hydrogens (tertiary/aromatic N) is 3. The molecule has 1 amide bonds. The fourth-order valence-electron chi connectivity index (χ4n) is 2.64. The molecule has 2 aliphatic heterocycles. The molecule has 17 heavy (non-hydrogen) atoms. The average Bonchev–Trinajstić information content (AvgIpc) is 3.06. The molecule has 3 aliphatic rings. The van der Waals surface area contributed by atoms with Crippen LogP contribution in [-0.4, -0.2) is 35.9 Å². The van der Waals surface area contributed by atoms with Gasteiger partial charge in [-0.2, -0.15) is 0 Å². The number of benzene rings is 1. The molecular weight excluding hydrogens is 214 g/mol. The number of guanidine groups is 1. The van der Waals surface area contributed by atoms with Crippen molar-refractivity contribution in [3.8, 4) is 0 Å². The Hall–Kier alpha value is -1.84. The van der Waals surface area contributed by atoms with E-state index in [2.05, 4.69) is 9.89 Å². The van der Waals surface area contributed by atoms with Crippen LogP contribution in [0.15, 0.2) is 29.3 Å². The van der Waals surface area contributed by atoms with Gasteiger partial charge < -0.3 is 4.90 Å². The zero-order valence-electron chi connectivity index (χ0n) is 9.47. The van der Waals surface area contributed by atoms with Gasteiger partial charge >= 0.3 is 0 Å². The summed E-state index contributed by atoms with van der Waals surface area (Å²) in [5.74, 6) is 0.977. The van der Waals surface area contributed by atoms with Crippen molar-refractivity contribution in [2.75, 3.05) is 18.0 Å². The number of para-hydroxylation sites is 1. The monoisotopic (exact) mass is 227 g/mol. The number of anilines is 1. The van der Waals surface area contributed by atoms with E-state index >= 15 is 0 Å². The Bertz CT molecular complexity index is 533. The van der Waals surface area contributed by atoms with Crippen LogP contribution in [0.3, 0.4) is 0 Å². The van der Waals surface area contributed by atoms with E-state index in [1.54, 1.807) is 0 Å². The lowest BCUT2D eigenvalue weighted by Gasteiger charge is -2.36. The molecule has 2 heterocycles. The molecular formula is C13H13N3O. The Morgan fingerprint density at radius 3 is 2.88 bits per heavy atom. The summed E-state index contributed by atoms with van der Waals surface area (Å²) in [5.41, 5.74) is 1.86. The molecule has 0 atom stereocenters. The van der Waals surface area contributed by atoms with Gasteiger partial charge in [0.05, 0.1) is 17.8 Å². The number of hydrogen-bond donors (Lipinski definition) is 0. The zero-order valence-corrected chi connectivity index (χ0v) is 9.47. The third-order valence-electron chi connectivity index (χ3n) is 3.58. The Morgan fingerprint density at radius 1 is 1.24 bits per heavy atom. The highest BCUT2D eigenvalue weighted by Crippen LogP contribution is 2.38. The normalized spacial score (nSPS) is 22.4. The summed E-state index contributed by atoms with van der Waals surface area (Å²) >= 11 is 0. The summed E-state index contributed by atoms with van der Waals surface area (Å²) < 4.78 is 0. The van der Waals surface area contributed by atoms with Crippen molar-refractivity contribution in [2.45, 2.75) is 18.9 Å². The lowest BCUT2D eigenvalue weighted by atomic mass is 10.1. The number of carbonyl (C=O) groups is 1. The number of amides is 1. The van der Waals surface area contributed by atoms with Crippen molar-refractivity contribution in [1.82, 2.24) is 4.90 Å². The van der Waals surface area contributed by atoms with Crippen molar-refractivity contribution in [2.24, 2.45) is 4.99 Å². The molecule has 0 radical (unpaired) electrons. The molecule has 1 fully saturated rings. The van der Waals surface area contributed by atoms with Gasteiger partial charge in [0, 0.05) is 12.6 Å². The minimum atomic E-state index is 0.105. The maximum Gasteiger partial charge on any atom is 0.262 e. The van der Waals surface area contributed by atoms with Crippen LogP contribution in [0.1, 0.15) is 23.2 Å². The van der Waals surface area contributed by atoms with Gasteiger partial charge in [0.15, 0.2) is 0 Å². The Labute approximate surface area is 99.5 Å². The predicted molar refractivity (Wildman–Crippen MR) is 65.3 cm³/mol. The van der Waals surface area contributed by atoms with E-state index in [9.17, 15) is 4.79 Å². The lowest BCUT2D eigenvalue weighted by molar-refractivity contribution is 0.0851. The number of fused-ring (bicyclic) bond motifs is 2. The highest BCUT2D eigenvalue weighted by molar-refractivity contribution is 6.19. The molecule has 86 valence electrons. The maximum absolute atomic E-state index is 12.3. The number of aliphatic imine (C=N–C) groups is 1. The Morgan fingerprint density at radius 2 is 2.06 bits per heavy atom. The summed E-state index contributed by atoms with van der Waals surface area (Å²) in [6.07, 6.45) is 2.41. The van der Waals surface area contributed by atoms with Gasteiger partial charge in [-0.25, -0.2) is 0 Å². The first-order chi connectivity index (χ1) is 8.36. The van der Waals surface area contributed by atoms with Crippen LogP contribution in [0.5, 0.6) is 0 Å². The molecule has 0 N–H and O–H groups in total. The van der Waals surface area contributed by atoms with Crippen molar-refractivity contribution in [3.63, 3.8) is 0 Å². The summed E-state index contributed by atoms with van der Waals surface area (Å²) in [5, 5.41) is 0. The van der Waals surface area contributed by atoms with E-state index < -0.39 is 0 Å². The van der Waals surface area contributed by atoms with Crippen molar-refractivity contribution >= 4 is 17.6 Å². The SMILES string of the molecule is O=C1c2ccccc2N(C2CC2)C2=NCCN12. The predicted octanol–water partition coefficient (Wildman–Crippen LogP) is 1.48. The van der Waals surface area contributed by atoms with E-state index in [4.69, 9.17) is 0 Å². The maximum atomic E-state index is 12.3. The van der Waals surface area contributed by atoms with Gasteiger partial charge in [-0.05, 0) is 25.0 Å². The highest BCUT2D eigenvalue weighted by atomic mass is 16.2. The molecule has 4 nitrogen and oxygen atoms in total. The Balaban J connectivity index is 1.92. The fourth-order valence-corrected chi connectivity index (χ4v) is 2.64. The van der Waals surface area contributed by atoms with Gasteiger partial charge in [0.25, 0.3) is 5.91 Å². The molecule has 0 bridgehead atoms. The van der Waals surface area contributed by atoms with Crippen LogP contribution in [-0.2, 0) is 0 Å². The topological polar surface area (TPSA) is 35.9 Å². The molecule has 0 spiro atoms. The first kappa shape index (κ1) is 9.22. The summed E-state index contributed by atoms with van der Waals surface area (Å²) in [6, 6.07) is 8.42. The van der Waals surface area contributed by atoms with E-state index in [0.717, 1.165) is 30.3 Å². The van der Waals surface area contributed by atoms with E-state index in [1.807, 2.05) is 29.2 Å². The van der Waals surface area contributed by atoms with Crippen LogP contribution in [0, 0.1) is 0 Å². The minimum absolute atomic E-state index is 0.105. The van der Waals surface area contributed by atoms with Gasteiger partial charge in [0.2, 0.25) is 5.96 Å². The van der Waals surface area contributed by atoms with Gasteiger partial charge in [-0.1, -0.05) is 12.1 Å². The Kier molecular flexibility index (Phi) is 1.68. The van der Waals surface area contributed by atoms with E-state index in [-0.39, 0.29) is 5.91 Å². The van der Waals surface area contributed by atoms with E-state index in [0.29, 0.717) is 6.04 Å². The average molecular weight is 227 g/mol. The van der Waals surface area contributed by atoms with Gasteiger partial charge in [-0.15, -0.1) is 0 Å². The molecule has 4 heteroatoms. The van der Waals surface area contributed by atoms with Crippen molar-refractivity contribution in [3.05, 3.63) is 29.8 Å². The zero-order chi connectivity index (χ0) is 11.4. The number of rotatable bonds is 1. The quantitative estimate of drug-likeness (QED) is 0.728. The third kappa shape index (κ3) is 1.18. The first-order valence-corrected chi connectivity index (χ1v) is 6.11. The summed E-state index contributed by atoms with van der Waals surface area (Å²) in [6.45, 7) is 1.46. The number of hydrogen-bond acceptors (Lipinski definition) is 3. The van der Waals surface area contributed by atoms with E-state index in [1.165, 1.54) is 12.8 Å². The number of carbonyl (C=O) groups excluding carboxylic acids is 1. The first-order valence-electron chi connectivity index (χ1n) is 6.11. The van der Waals surface area contributed by atoms with Crippen LogP contribution in [0.2, 0.25) is 0 Å². The molecule has 0 unspecified atom stereocenters. The second-order valence-electron chi connectivity index (χ2n) is 4.76. The molecule has 1 saturated carbocycles. The molecule has 1 aromatic rings. The van der Waals surface area contributed by atoms with Gasteiger partial charge in [-0.3, -0.25) is 14.7 Å². The molecule has 0 saturated heterocycles. The second-order valence-corrected chi connectivity index (χ2v) is 4.76. The van der Waals surface area contributed by atoms with Crippen molar-refractivity contribution < 1.29 is 4.79 Å². The summed E-state index contributed by atoms with van der Waals surface area (Å²) in [7, 11) is 0. The van der Waals surface area contributed by atoms with Crippen LogP contribution < -0.4 is 4.90 Å². The minimum Gasteiger partial charge on any atom is -0.308 e. The highest BCUT2D eigenvalue weighted by Gasteiger charge is 2.43. The summed E-state index contributed by atoms with van der Waals surface area (Å²) in [4.78, 5) is 20.9.